The fourth-order valence-electron chi connectivity index (χ4n) is 2.32. The van der Waals surface area contributed by atoms with Crippen molar-refractivity contribution in [2.75, 3.05) is 0 Å². The molecule has 5 heteroatoms. The van der Waals surface area contributed by atoms with Crippen LogP contribution in [0.2, 0.25) is 5.15 Å². The second-order valence-electron chi connectivity index (χ2n) is 4.99. The van der Waals surface area contributed by atoms with E-state index in [1.807, 2.05) is 43.3 Å². The maximum atomic E-state index is 12.6. The average Bonchev–Trinajstić information content (AvgIpc) is 2.54. The predicted octanol–water partition coefficient (Wildman–Crippen LogP) is 3.77. The molecule has 110 valence electrons. The normalized spacial score (nSPS) is 12.1. The monoisotopic (exact) mass is 311 g/mol. The summed E-state index contributed by atoms with van der Waals surface area (Å²) in [5.74, 6) is -0.183. The summed E-state index contributed by atoms with van der Waals surface area (Å²) in [6, 6.07) is 12.7. The van der Waals surface area contributed by atoms with E-state index in [-0.39, 0.29) is 11.9 Å². The molecular weight excluding hydrogens is 298 g/mol. The zero-order valence-corrected chi connectivity index (χ0v) is 12.7. The van der Waals surface area contributed by atoms with Crippen molar-refractivity contribution in [3.05, 3.63) is 71.1 Å². The number of amides is 1. The molecule has 3 rings (SSSR count). The van der Waals surface area contributed by atoms with E-state index < -0.39 is 0 Å². The first kappa shape index (κ1) is 14.5. The third-order valence-electron chi connectivity index (χ3n) is 3.46. The second kappa shape index (κ2) is 6.12. The summed E-state index contributed by atoms with van der Waals surface area (Å²) in [4.78, 5) is 20.9. The van der Waals surface area contributed by atoms with E-state index in [1.165, 1.54) is 0 Å². The van der Waals surface area contributed by atoms with Crippen LogP contribution >= 0.6 is 11.6 Å². The number of para-hydroxylation sites is 1. The lowest BCUT2D eigenvalue weighted by Crippen LogP contribution is -2.27. The van der Waals surface area contributed by atoms with Gasteiger partial charge in [-0.25, -0.2) is 4.98 Å². The molecule has 1 aromatic carbocycles. The minimum atomic E-state index is -0.183. The van der Waals surface area contributed by atoms with Gasteiger partial charge in [0.2, 0.25) is 0 Å². The molecule has 0 saturated heterocycles. The minimum absolute atomic E-state index is 0.146. The molecule has 0 bridgehead atoms. The average molecular weight is 312 g/mol. The summed E-state index contributed by atoms with van der Waals surface area (Å²) in [5, 5.41) is 4.05. The molecule has 1 unspecified atom stereocenters. The van der Waals surface area contributed by atoms with Crippen LogP contribution < -0.4 is 5.32 Å². The number of nitrogens with zero attached hydrogens (tertiary/aromatic N) is 2. The number of rotatable bonds is 3. The van der Waals surface area contributed by atoms with E-state index in [2.05, 4.69) is 15.3 Å². The second-order valence-corrected chi connectivity index (χ2v) is 5.38. The third kappa shape index (κ3) is 2.92. The summed E-state index contributed by atoms with van der Waals surface area (Å²) >= 11 is 6.02. The van der Waals surface area contributed by atoms with Crippen molar-refractivity contribution in [1.29, 1.82) is 0 Å². The van der Waals surface area contributed by atoms with Crippen molar-refractivity contribution in [1.82, 2.24) is 15.3 Å². The molecule has 1 atom stereocenters. The van der Waals surface area contributed by atoms with E-state index in [9.17, 15) is 4.79 Å². The topological polar surface area (TPSA) is 54.9 Å². The Balaban J connectivity index is 1.93. The van der Waals surface area contributed by atoms with Crippen LogP contribution in [0.15, 0.2) is 54.9 Å². The number of hydrogen-bond donors (Lipinski definition) is 1. The van der Waals surface area contributed by atoms with Crippen LogP contribution in [0.1, 0.15) is 28.9 Å². The first-order valence-electron chi connectivity index (χ1n) is 6.91. The summed E-state index contributed by atoms with van der Waals surface area (Å²) in [7, 11) is 0. The van der Waals surface area contributed by atoms with Crippen LogP contribution in [-0.2, 0) is 0 Å². The first-order chi connectivity index (χ1) is 10.6. The maximum Gasteiger partial charge on any atom is 0.252 e. The van der Waals surface area contributed by atoms with E-state index >= 15 is 0 Å². The lowest BCUT2D eigenvalue weighted by atomic mass is 10.1. The molecule has 0 spiro atoms. The third-order valence-corrected chi connectivity index (χ3v) is 3.66. The Hall–Kier alpha value is -2.46. The number of fused-ring (bicyclic) bond motifs is 1. The van der Waals surface area contributed by atoms with Gasteiger partial charge in [0.15, 0.2) is 0 Å². The molecule has 0 aliphatic carbocycles. The molecule has 2 heterocycles. The zero-order valence-electron chi connectivity index (χ0n) is 12.0. The van der Waals surface area contributed by atoms with Crippen molar-refractivity contribution in [3.8, 4) is 0 Å². The molecule has 0 saturated carbocycles. The van der Waals surface area contributed by atoms with Crippen molar-refractivity contribution in [2.45, 2.75) is 13.0 Å². The van der Waals surface area contributed by atoms with Crippen molar-refractivity contribution in [2.24, 2.45) is 0 Å². The molecule has 0 aliphatic rings. The van der Waals surface area contributed by atoms with Crippen LogP contribution in [0.4, 0.5) is 0 Å². The highest BCUT2D eigenvalue weighted by molar-refractivity contribution is 6.30. The number of halogens is 1. The number of pyridine rings is 2. The number of hydrogen-bond acceptors (Lipinski definition) is 3. The van der Waals surface area contributed by atoms with Crippen molar-refractivity contribution < 1.29 is 4.79 Å². The SMILES string of the molecule is CC(NC(=O)c1cc(Cl)nc2ccccc12)c1cccnc1. The van der Waals surface area contributed by atoms with E-state index in [4.69, 9.17) is 11.6 Å². The van der Waals surface area contributed by atoms with Gasteiger partial charge in [-0.1, -0.05) is 35.9 Å². The van der Waals surface area contributed by atoms with Gasteiger partial charge in [0.25, 0.3) is 5.91 Å². The van der Waals surface area contributed by atoms with Crippen molar-refractivity contribution >= 4 is 28.4 Å². The molecule has 0 fully saturated rings. The lowest BCUT2D eigenvalue weighted by molar-refractivity contribution is 0.0941. The fraction of sp³-hybridized carbons (Fsp3) is 0.118. The predicted molar refractivity (Wildman–Crippen MR) is 86.9 cm³/mol. The number of carbonyl (C=O) groups is 1. The molecule has 2 aromatic heterocycles. The number of carbonyl (C=O) groups excluding carboxylic acids is 1. The molecule has 4 nitrogen and oxygen atoms in total. The minimum Gasteiger partial charge on any atom is -0.345 e. The van der Waals surface area contributed by atoms with Crippen molar-refractivity contribution in [3.63, 3.8) is 0 Å². The van der Waals surface area contributed by atoms with Crippen LogP contribution in [0.3, 0.4) is 0 Å². The van der Waals surface area contributed by atoms with Gasteiger partial charge < -0.3 is 5.32 Å². The van der Waals surface area contributed by atoms with E-state index in [0.29, 0.717) is 16.2 Å². The van der Waals surface area contributed by atoms with E-state index in [1.54, 1.807) is 18.5 Å². The van der Waals surface area contributed by atoms with Gasteiger partial charge in [-0.05, 0) is 30.7 Å². The molecule has 3 aromatic rings. The van der Waals surface area contributed by atoms with Gasteiger partial charge in [0.1, 0.15) is 5.15 Å². The van der Waals surface area contributed by atoms with Gasteiger partial charge in [-0.15, -0.1) is 0 Å². The molecule has 0 aliphatic heterocycles. The van der Waals surface area contributed by atoms with Gasteiger partial charge in [0.05, 0.1) is 17.1 Å². The Bertz CT molecular complexity index is 821. The summed E-state index contributed by atoms with van der Waals surface area (Å²) in [6.45, 7) is 1.92. The smallest absolute Gasteiger partial charge is 0.252 e. The van der Waals surface area contributed by atoms with Crippen LogP contribution in [0, 0.1) is 0 Å². The van der Waals surface area contributed by atoms with Crippen LogP contribution in [-0.4, -0.2) is 15.9 Å². The zero-order chi connectivity index (χ0) is 15.5. The molecule has 1 amide bonds. The van der Waals surface area contributed by atoms with Gasteiger partial charge >= 0.3 is 0 Å². The Morgan fingerprint density at radius 1 is 1.23 bits per heavy atom. The summed E-state index contributed by atoms with van der Waals surface area (Å²) in [6.07, 6.45) is 3.44. The molecule has 1 N–H and O–H groups in total. The Labute approximate surface area is 133 Å². The maximum absolute atomic E-state index is 12.6. The highest BCUT2D eigenvalue weighted by Gasteiger charge is 2.15. The first-order valence-corrected chi connectivity index (χ1v) is 7.29. The Morgan fingerprint density at radius 2 is 2.05 bits per heavy atom. The van der Waals surface area contributed by atoms with Crippen LogP contribution in [0.5, 0.6) is 0 Å². The number of aromatic nitrogens is 2. The van der Waals surface area contributed by atoms with Gasteiger partial charge in [0, 0.05) is 17.8 Å². The standard InChI is InChI=1S/C17H14ClN3O/c1-11(12-5-4-8-19-10-12)20-17(22)14-9-16(18)21-15-7-3-2-6-13(14)15/h2-11H,1H3,(H,20,22). The van der Waals surface area contributed by atoms with Gasteiger partial charge in [-0.2, -0.15) is 0 Å². The molecule has 22 heavy (non-hydrogen) atoms. The molecular formula is C17H14ClN3O. The molecule has 0 radical (unpaired) electrons. The Kier molecular flexibility index (Phi) is 4.02. The fourth-order valence-corrected chi connectivity index (χ4v) is 2.52. The Morgan fingerprint density at radius 3 is 2.82 bits per heavy atom. The summed E-state index contributed by atoms with van der Waals surface area (Å²) in [5.41, 5.74) is 2.17. The van der Waals surface area contributed by atoms with Crippen LogP contribution in [0.25, 0.3) is 10.9 Å². The largest absolute Gasteiger partial charge is 0.345 e. The van der Waals surface area contributed by atoms with E-state index in [0.717, 1.165) is 10.9 Å². The number of benzene rings is 1. The number of nitrogens with one attached hydrogen (secondary N) is 1. The highest BCUT2D eigenvalue weighted by atomic mass is 35.5. The summed E-state index contributed by atoms with van der Waals surface area (Å²) < 4.78 is 0. The lowest BCUT2D eigenvalue weighted by Gasteiger charge is -2.15. The quantitative estimate of drug-likeness (QED) is 0.749. The highest BCUT2D eigenvalue weighted by Crippen LogP contribution is 2.21. The van der Waals surface area contributed by atoms with Gasteiger partial charge in [-0.3, -0.25) is 9.78 Å².